The zero-order valence-electron chi connectivity index (χ0n) is 11.8. The van der Waals surface area contributed by atoms with Crippen LogP contribution >= 0.6 is 11.6 Å². The highest BCUT2D eigenvalue weighted by Gasteiger charge is 2.28. The van der Waals surface area contributed by atoms with E-state index < -0.39 is 10.3 Å². The third-order valence-electron chi connectivity index (χ3n) is 3.00. The Balaban J connectivity index is 2.75. The lowest BCUT2D eigenvalue weighted by atomic mass is 9.90. The SMILES string of the molecule is CC(C)(C)c1nn(-c2ccccc2[N+](=O)[O-])c(Cl)c1C=O. The van der Waals surface area contributed by atoms with Crippen molar-refractivity contribution in [1.29, 1.82) is 0 Å². The largest absolute Gasteiger partial charge is 0.298 e. The van der Waals surface area contributed by atoms with Crippen LogP contribution in [0.1, 0.15) is 36.8 Å². The highest BCUT2D eigenvalue weighted by Crippen LogP contribution is 2.32. The molecule has 2 rings (SSSR count). The number of halogens is 1. The van der Waals surface area contributed by atoms with E-state index in [1.54, 1.807) is 12.1 Å². The molecule has 1 aromatic carbocycles. The fourth-order valence-electron chi connectivity index (χ4n) is 2.03. The molecule has 7 heteroatoms. The van der Waals surface area contributed by atoms with Crippen molar-refractivity contribution >= 4 is 23.6 Å². The van der Waals surface area contributed by atoms with Gasteiger partial charge in [-0.2, -0.15) is 5.10 Å². The van der Waals surface area contributed by atoms with Crippen LogP contribution in [-0.2, 0) is 5.41 Å². The van der Waals surface area contributed by atoms with E-state index in [9.17, 15) is 14.9 Å². The van der Waals surface area contributed by atoms with E-state index in [1.807, 2.05) is 20.8 Å². The molecule has 0 aliphatic heterocycles. The molecule has 0 unspecified atom stereocenters. The van der Waals surface area contributed by atoms with Crippen molar-refractivity contribution < 1.29 is 9.72 Å². The summed E-state index contributed by atoms with van der Waals surface area (Å²) < 4.78 is 1.24. The maximum absolute atomic E-state index is 11.3. The molecule has 0 spiro atoms. The second-order valence-electron chi connectivity index (χ2n) is 5.58. The molecule has 0 radical (unpaired) electrons. The number of carbonyl (C=O) groups is 1. The number of aldehydes is 1. The molecule has 1 aromatic heterocycles. The molecule has 0 fully saturated rings. The van der Waals surface area contributed by atoms with Crippen LogP contribution in [0.2, 0.25) is 5.15 Å². The monoisotopic (exact) mass is 307 g/mol. The van der Waals surface area contributed by atoms with Crippen molar-refractivity contribution in [2.75, 3.05) is 0 Å². The number of para-hydroxylation sites is 2. The number of rotatable bonds is 3. The molecule has 21 heavy (non-hydrogen) atoms. The molecule has 1 heterocycles. The van der Waals surface area contributed by atoms with Gasteiger partial charge in [0.2, 0.25) is 0 Å². The Morgan fingerprint density at radius 1 is 1.33 bits per heavy atom. The molecular weight excluding hydrogens is 294 g/mol. The number of nitro groups is 1. The second kappa shape index (κ2) is 5.29. The minimum Gasteiger partial charge on any atom is -0.298 e. The Labute approximate surface area is 126 Å². The van der Waals surface area contributed by atoms with Crippen LogP contribution in [0.15, 0.2) is 24.3 Å². The van der Waals surface area contributed by atoms with Crippen LogP contribution in [0, 0.1) is 10.1 Å². The first kappa shape index (κ1) is 15.2. The summed E-state index contributed by atoms with van der Waals surface area (Å²) in [6.45, 7) is 5.67. The number of carbonyl (C=O) groups excluding carboxylic acids is 1. The van der Waals surface area contributed by atoms with Gasteiger partial charge in [-0.1, -0.05) is 44.5 Å². The second-order valence-corrected chi connectivity index (χ2v) is 5.94. The molecule has 0 aliphatic carbocycles. The first-order valence-corrected chi connectivity index (χ1v) is 6.63. The van der Waals surface area contributed by atoms with Crippen LogP contribution in [-0.4, -0.2) is 21.0 Å². The van der Waals surface area contributed by atoms with E-state index in [4.69, 9.17) is 11.6 Å². The summed E-state index contributed by atoms with van der Waals surface area (Å²) >= 11 is 6.19. The lowest BCUT2D eigenvalue weighted by molar-refractivity contribution is -0.384. The zero-order valence-corrected chi connectivity index (χ0v) is 12.6. The van der Waals surface area contributed by atoms with Gasteiger partial charge in [0.15, 0.2) is 6.29 Å². The number of nitro benzene ring substituents is 1. The molecule has 0 bridgehead atoms. The molecule has 0 saturated carbocycles. The summed E-state index contributed by atoms with van der Waals surface area (Å²) in [4.78, 5) is 21.9. The van der Waals surface area contributed by atoms with Crippen LogP contribution < -0.4 is 0 Å². The Morgan fingerprint density at radius 2 is 1.95 bits per heavy atom. The molecule has 0 aliphatic rings. The summed E-state index contributed by atoms with van der Waals surface area (Å²) in [7, 11) is 0. The lowest BCUT2D eigenvalue weighted by Crippen LogP contribution is -2.14. The third kappa shape index (κ3) is 2.67. The quantitative estimate of drug-likeness (QED) is 0.493. The number of nitrogens with zero attached hydrogens (tertiary/aromatic N) is 3. The van der Waals surface area contributed by atoms with Crippen LogP contribution in [0.3, 0.4) is 0 Å². The van der Waals surface area contributed by atoms with Gasteiger partial charge >= 0.3 is 0 Å². The lowest BCUT2D eigenvalue weighted by Gasteiger charge is -2.15. The smallest absolute Gasteiger partial charge is 0.294 e. The maximum atomic E-state index is 11.3. The van der Waals surface area contributed by atoms with Crippen molar-refractivity contribution in [3.63, 3.8) is 0 Å². The molecule has 110 valence electrons. The highest BCUT2D eigenvalue weighted by molar-refractivity contribution is 6.32. The number of hydrogen-bond donors (Lipinski definition) is 0. The van der Waals surface area contributed by atoms with Crippen LogP contribution in [0.4, 0.5) is 5.69 Å². The van der Waals surface area contributed by atoms with Gasteiger partial charge in [-0.15, -0.1) is 0 Å². The molecule has 6 nitrogen and oxygen atoms in total. The molecular formula is C14H14ClN3O3. The van der Waals surface area contributed by atoms with E-state index >= 15 is 0 Å². The Morgan fingerprint density at radius 3 is 2.43 bits per heavy atom. The number of benzene rings is 1. The summed E-state index contributed by atoms with van der Waals surface area (Å²) in [6, 6.07) is 6.12. The summed E-state index contributed by atoms with van der Waals surface area (Å²) in [5.41, 5.74) is 0.447. The van der Waals surface area contributed by atoms with E-state index in [0.717, 1.165) is 0 Å². The van der Waals surface area contributed by atoms with E-state index in [0.29, 0.717) is 12.0 Å². The summed E-state index contributed by atoms with van der Waals surface area (Å²) in [6.07, 6.45) is 0.626. The van der Waals surface area contributed by atoms with Gasteiger partial charge in [0.1, 0.15) is 10.8 Å². The van der Waals surface area contributed by atoms with Gasteiger partial charge < -0.3 is 0 Å². The fraction of sp³-hybridized carbons (Fsp3) is 0.286. The normalized spacial score (nSPS) is 11.4. The topological polar surface area (TPSA) is 78.0 Å². The Bertz CT molecular complexity index is 717. The fourth-order valence-corrected chi connectivity index (χ4v) is 2.29. The van der Waals surface area contributed by atoms with E-state index in [1.165, 1.54) is 16.8 Å². The first-order valence-electron chi connectivity index (χ1n) is 6.25. The van der Waals surface area contributed by atoms with Crippen molar-refractivity contribution in [3.8, 4) is 5.69 Å². The molecule has 0 atom stereocenters. The Hall–Kier alpha value is -2.21. The van der Waals surface area contributed by atoms with Gasteiger partial charge in [0.05, 0.1) is 16.2 Å². The minimum atomic E-state index is -0.509. The van der Waals surface area contributed by atoms with E-state index in [-0.39, 0.29) is 22.1 Å². The standard InChI is InChI=1S/C14H14ClN3O3/c1-14(2,3)12-9(8-19)13(15)17(16-12)10-6-4-5-7-11(10)18(20)21/h4-8H,1-3H3. The summed E-state index contributed by atoms with van der Waals surface area (Å²) in [5.74, 6) is 0. The number of aromatic nitrogens is 2. The van der Waals surface area contributed by atoms with Crippen molar-refractivity contribution in [2.24, 2.45) is 0 Å². The molecule has 2 aromatic rings. The highest BCUT2D eigenvalue weighted by atomic mass is 35.5. The first-order chi connectivity index (χ1) is 9.77. The average molecular weight is 308 g/mol. The van der Waals surface area contributed by atoms with Crippen molar-refractivity contribution in [2.45, 2.75) is 26.2 Å². The van der Waals surface area contributed by atoms with E-state index in [2.05, 4.69) is 5.10 Å². The van der Waals surface area contributed by atoms with Gasteiger partial charge in [-0.05, 0) is 6.07 Å². The van der Waals surface area contributed by atoms with Gasteiger partial charge in [0, 0.05) is 11.5 Å². The Kier molecular flexibility index (Phi) is 3.82. The van der Waals surface area contributed by atoms with Crippen molar-refractivity contribution in [3.05, 3.63) is 50.8 Å². The summed E-state index contributed by atoms with van der Waals surface area (Å²) in [5, 5.41) is 15.5. The van der Waals surface area contributed by atoms with Crippen LogP contribution in [0.25, 0.3) is 5.69 Å². The van der Waals surface area contributed by atoms with Gasteiger partial charge in [-0.25, -0.2) is 4.68 Å². The molecule has 0 saturated heterocycles. The van der Waals surface area contributed by atoms with Crippen molar-refractivity contribution in [1.82, 2.24) is 9.78 Å². The van der Waals surface area contributed by atoms with Gasteiger partial charge in [-0.3, -0.25) is 14.9 Å². The predicted octanol–water partition coefficient (Wildman–Crippen LogP) is 3.54. The number of hydrogen-bond acceptors (Lipinski definition) is 4. The van der Waals surface area contributed by atoms with Gasteiger partial charge in [0.25, 0.3) is 5.69 Å². The molecule has 0 amide bonds. The predicted molar refractivity (Wildman–Crippen MR) is 79.3 cm³/mol. The zero-order chi connectivity index (χ0) is 15.8. The third-order valence-corrected chi connectivity index (χ3v) is 3.36. The minimum absolute atomic E-state index is 0.0734. The van der Waals surface area contributed by atoms with Crippen LogP contribution in [0.5, 0.6) is 0 Å². The molecule has 0 N–H and O–H groups in total. The average Bonchev–Trinajstić information content (AvgIpc) is 2.75. The maximum Gasteiger partial charge on any atom is 0.294 e.